The van der Waals surface area contributed by atoms with Gasteiger partial charge < -0.3 is 14.6 Å². The van der Waals surface area contributed by atoms with Crippen molar-refractivity contribution < 1.29 is 42.1 Å². The van der Waals surface area contributed by atoms with Crippen LogP contribution in [0, 0.1) is 0 Å². The van der Waals surface area contributed by atoms with Crippen LogP contribution in [-0.4, -0.2) is 35.3 Å². The molecule has 0 aromatic heterocycles. The summed E-state index contributed by atoms with van der Waals surface area (Å²) in [6.45, 7) is 4.18. The summed E-state index contributed by atoms with van der Waals surface area (Å²) in [5.74, 6) is -1.79. The third-order valence-electron chi connectivity index (χ3n) is 7.73. The molecule has 0 amide bonds. The molecule has 9 heteroatoms. The van der Waals surface area contributed by atoms with Gasteiger partial charge in [-0.15, -0.1) is 0 Å². The fourth-order valence-electron chi connectivity index (χ4n) is 4.92. The van der Waals surface area contributed by atoms with Crippen molar-refractivity contribution in [1.29, 1.82) is 0 Å². The lowest BCUT2D eigenvalue weighted by Gasteiger charge is -2.20. The lowest BCUT2D eigenvalue weighted by atomic mass is 10.1. The standard InChI is InChI=1S/C23H30O2.C16H19F3O4/c1-2-3-4-5-6-7-8-12-15-23(24)25-22-18-16-21(17-19-22)20-13-10-9-11-14-20;1-2-3-4-5-6-13(16(17,18)19)23-15(22)12-9-7-11(8-10-12)14(20)21/h9-11,13-14,16-19H,2-8,12,15H2,1H3;7-10,13H,2-6H2,1H3,(H,20,21). The number of carboxylic acids is 1. The number of carboxylic acid groups (broad SMARTS) is 1. The Morgan fingerprint density at radius 2 is 1.15 bits per heavy atom. The molecule has 0 aliphatic rings. The molecule has 3 rings (SSSR count). The molecule has 1 atom stereocenters. The molecule has 0 fully saturated rings. The van der Waals surface area contributed by atoms with Crippen LogP contribution in [0.15, 0.2) is 78.9 Å². The zero-order valence-corrected chi connectivity index (χ0v) is 28.1. The van der Waals surface area contributed by atoms with Gasteiger partial charge in [0, 0.05) is 6.42 Å². The number of hydrogen-bond acceptors (Lipinski definition) is 5. The Balaban J connectivity index is 0.000000335. The Morgan fingerprint density at radius 3 is 1.69 bits per heavy atom. The van der Waals surface area contributed by atoms with Crippen LogP contribution in [0.2, 0.25) is 0 Å². The van der Waals surface area contributed by atoms with Crippen molar-refractivity contribution in [2.75, 3.05) is 0 Å². The molecule has 262 valence electrons. The van der Waals surface area contributed by atoms with E-state index in [4.69, 9.17) is 9.84 Å². The van der Waals surface area contributed by atoms with E-state index in [0.717, 1.165) is 55.5 Å². The average Bonchev–Trinajstić information content (AvgIpc) is 3.08. The summed E-state index contributed by atoms with van der Waals surface area (Å²) in [5.41, 5.74) is 2.12. The van der Waals surface area contributed by atoms with Crippen molar-refractivity contribution in [1.82, 2.24) is 0 Å². The van der Waals surface area contributed by atoms with Gasteiger partial charge in [-0.25, -0.2) is 9.59 Å². The van der Waals surface area contributed by atoms with E-state index in [1.165, 1.54) is 44.1 Å². The number of carbonyl (C=O) groups excluding carboxylic acids is 2. The molecule has 0 heterocycles. The van der Waals surface area contributed by atoms with Gasteiger partial charge in [0.25, 0.3) is 0 Å². The van der Waals surface area contributed by atoms with E-state index >= 15 is 0 Å². The molecule has 48 heavy (non-hydrogen) atoms. The first-order chi connectivity index (χ1) is 23.0. The Hall–Kier alpha value is -4.14. The van der Waals surface area contributed by atoms with E-state index in [2.05, 4.69) is 23.8 Å². The van der Waals surface area contributed by atoms with Crippen LogP contribution in [-0.2, 0) is 9.53 Å². The third kappa shape index (κ3) is 16.1. The molecule has 0 bridgehead atoms. The van der Waals surface area contributed by atoms with Crippen molar-refractivity contribution in [3.05, 3.63) is 90.0 Å². The zero-order chi connectivity index (χ0) is 35.2. The highest BCUT2D eigenvalue weighted by Crippen LogP contribution is 2.28. The minimum Gasteiger partial charge on any atom is -0.478 e. The molecule has 3 aromatic rings. The van der Waals surface area contributed by atoms with E-state index in [1.54, 1.807) is 0 Å². The molecule has 1 unspecified atom stereocenters. The van der Waals surface area contributed by atoms with Crippen LogP contribution in [0.25, 0.3) is 11.1 Å². The fraction of sp³-hybridized carbons (Fsp3) is 0.462. The van der Waals surface area contributed by atoms with E-state index in [0.29, 0.717) is 25.0 Å². The van der Waals surface area contributed by atoms with Crippen LogP contribution in [0.3, 0.4) is 0 Å². The summed E-state index contributed by atoms with van der Waals surface area (Å²) in [6, 6.07) is 22.5. The van der Waals surface area contributed by atoms with Crippen LogP contribution >= 0.6 is 0 Å². The minimum absolute atomic E-state index is 0.0616. The van der Waals surface area contributed by atoms with E-state index in [-0.39, 0.29) is 23.5 Å². The maximum Gasteiger partial charge on any atom is 0.425 e. The number of benzene rings is 3. The van der Waals surface area contributed by atoms with Gasteiger partial charge in [0.2, 0.25) is 0 Å². The zero-order valence-electron chi connectivity index (χ0n) is 28.1. The lowest BCUT2D eigenvalue weighted by Crippen LogP contribution is -2.33. The van der Waals surface area contributed by atoms with Gasteiger partial charge in [-0.2, -0.15) is 13.2 Å². The van der Waals surface area contributed by atoms with Gasteiger partial charge in [0.05, 0.1) is 11.1 Å². The average molecular weight is 671 g/mol. The van der Waals surface area contributed by atoms with Crippen molar-refractivity contribution in [3.8, 4) is 16.9 Å². The molecular weight excluding hydrogens is 621 g/mol. The molecular formula is C39H49F3O6. The highest BCUT2D eigenvalue weighted by atomic mass is 19.4. The molecule has 0 saturated heterocycles. The first-order valence-corrected chi connectivity index (χ1v) is 17.0. The van der Waals surface area contributed by atoms with Crippen LogP contribution in [0.1, 0.15) is 124 Å². The molecule has 0 radical (unpaired) electrons. The van der Waals surface area contributed by atoms with E-state index in [1.807, 2.05) is 49.4 Å². The highest BCUT2D eigenvalue weighted by Gasteiger charge is 2.42. The molecule has 3 aromatic carbocycles. The Labute approximate surface area is 282 Å². The normalized spacial score (nSPS) is 11.6. The van der Waals surface area contributed by atoms with Gasteiger partial charge in [0.15, 0.2) is 6.10 Å². The fourth-order valence-corrected chi connectivity index (χ4v) is 4.92. The number of halogens is 3. The lowest BCUT2D eigenvalue weighted by molar-refractivity contribution is -0.206. The van der Waals surface area contributed by atoms with Gasteiger partial charge >= 0.3 is 24.1 Å². The van der Waals surface area contributed by atoms with Crippen molar-refractivity contribution in [2.45, 2.75) is 116 Å². The molecule has 0 aliphatic carbocycles. The number of hydrogen-bond donors (Lipinski definition) is 1. The van der Waals surface area contributed by atoms with E-state index in [9.17, 15) is 27.6 Å². The van der Waals surface area contributed by atoms with Crippen LogP contribution < -0.4 is 4.74 Å². The number of rotatable bonds is 19. The SMILES string of the molecule is CCCCCCC(OC(=O)c1ccc(C(=O)O)cc1)C(F)(F)F.CCCCCCCCCCC(=O)Oc1ccc(-c2ccccc2)cc1. The molecule has 0 aliphatic heterocycles. The van der Waals surface area contributed by atoms with Crippen LogP contribution in [0.4, 0.5) is 13.2 Å². The maximum atomic E-state index is 12.9. The summed E-state index contributed by atoms with van der Waals surface area (Å²) in [6.07, 6.45) is 6.02. The summed E-state index contributed by atoms with van der Waals surface area (Å²) >= 11 is 0. The first-order valence-electron chi connectivity index (χ1n) is 17.0. The number of alkyl halides is 3. The molecule has 0 spiro atoms. The number of unbranched alkanes of at least 4 members (excludes halogenated alkanes) is 10. The van der Waals surface area contributed by atoms with Crippen molar-refractivity contribution >= 4 is 17.9 Å². The smallest absolute Gasteiger partial charge is 0.425 e. The van der Waals surface area contributed by atoms with Gasteiger partial charge in [-0.05, 0) is 66.8 Å². The third-order valence-corrected chi connectivity index (χ3v) is 7.73. The van der Waals surface area contributed by atoms with Crippen molar-refractivity contribution in [3.63, 3.8) is 0 Å². The molecule has 1 N–H and O–H groups in total. The molecule has 6 nitrogen and oxygen atoms in total. The Morgan fingerprint density at radius 1 is 0.646 bits per heavy atom. The Kier molecular flexibility index (Phi) is 18.7. The molecule has 0 saturated carbocycles. The monoisotopic (exact) mass is 670 g/mol. The number of ether oxygens (including phenoxy) is 2. The largest absolute Gasteiger partial charge is 0.478 e. The second-order valence-electron chi connectivity index (χ2n) is 11.8. The van der Waals surface area contributed by atoms with E-state index < -0.39 is 24.2 Å². The highest BCUT2D eigenvalue weighted by molar-refractivity contribution is 5.92. The summed E-state index contributed by atoms with van der Waals surface area (Å²) in [5, 5.41) is 8.74. The number of carbonyl (C=O) groups is 3. The van der Waals surface area contributed by atoms with Crippen molar-refractivity contribution in [2.24, 2.45) is 0 Å². The van der Waals surface area contributed by atoms with Gasteiger partial charge in [-0.3, -0.25) is 4.79 Å². The van der Waals surface area contributed by atoms with Gasteiger partial charge in [0.1, 0.15) is 5.75 Å². The number of esters is 2. The second kappa shape index (κ2) is 22.4. The summed E-state index contributed by atoms with van der Waals surface area (Å²) in [7, 11) is 0. The predicted molar refractivity (Wildman–Crippen MR) is 182 cm³/mol. The quantitative estimate of drug-likeness (QED) is 0.0775. The number of aromatic carboxylic acids is 1. The second-order valence-corrected chi connectivity index (χ2v) is 11.8. The summed E-state index contributed by atoms with van der Waals surface area (Å²) < 4.78 is 48.8. The first kappa shape index (κ1) is 40.0. The van der Waals surface area contributed by atoms with Gasteiger partial charge in [-0.1, -0.05) is 121 Å². The predicted octanol–water partition coefficient (Wildman–Crippen LogP) is 11.2. The maximum absolute atomic E-state index is 12.9. The Bertz CT molecular complexity index is 1340. The topological polar surface area (TPSA) is 89.9 Å². The summed E-state index contributed by atoms with van der Waals surface area (Å²) in [4.78, 5) is 34.4. The van der Waals surface area contributed by atoms with Crippen LogP contribution in [0.5, 0.6) is 5.75 Å². The minimum atomic E-state index is -4.62.